The molecule has 0 aliphatic carbocycles. The van der Waals surface area contributed by atoms with E-state index in [1.54, 1.807) is 12.1 Å². The average molecular weight is 288 g/mol. The zero-order valence-corrected chi connectivity index (χ0v) is 12.4. The number of H-pyrrole nitrogens is 1. The Morgan fingerprint density at radius 1 is 1.43 bits per heavy atom. The van der Waals surface area contributed by atoms with Crippen LogP contribution in [0.15, 0.2) is 24.3 Å². The van der Waals surface area contributed by atoms with Gasteiger partial charge in [-0.25, -0.2) is 4.39 Å². The predicted octanol–water partition coefficient (Wildman–Crippen LogP) is 3.81. The number of aromatic nitrogens is 1. The second-order valence-electron chi connectivity index (χ2n) is 5.89. The maximum Gasteiger partial charge on any atom is 0.222 e. The van der Waals surface area contributed by atoms with Crippen LogP contribution in [0, 0.1) is 5.82 Å². The summed E-state index contributed by atoms with van der Waals surface area (Å²) in [6.07, 6.45) is 3.63. The van der Waals surface area contributed by atoms with Crippen molar-refractivity contribution in [2.75, 3.05) is 13.1 Å². The molecule has 2 aromatic rings. The van der Waals surface area contributed by atoms with E-state index < -0.39 is 0 Å². The Balaban J connectivity index is 1.79. The first-order valence-corrected chi connectivity index (χ1v) is 7.73. The molecule has 1 aromatic heterocycles. The van der Waals surface area contributed by atoms with E-state index in [0.717, 1.165) is 48.9 Å². The van der Waals surface area contributed by atoms with Crippen molar-refractivity contribution in [3.8, 4) is 0 Å². The van der Waals surface area contributed by atoms with Gasteiger partial charge >= 0.3 is 0 Å². The third-order valence-electron chi connectivity index (χ3n) is 4.28. The van der Waals surface area contributed by atoms with Gasteiger partial charge in [-0.3, -0.25) is 4.79 Å². The lowest BCUT2D eigenvalue weighted by Crippen LogP contribution is -2.39. The summed E-state index contributed by atoms with van der Waals surface area (Å²) in [6, 6.07) is 6.83. The standard InChI is InChI=1S/C17H21FN2O/c1-2-4-17(21)20-8-3-5-12(11-20)16-10-13-9-14(18)6-7-15(13)19-16/h6-7,9-10,12,19H,2-5,8,11H2,1H3. The highest BCUT2D eigenvalue weighted by atomic mass is 19.1. The SMILES string of the molecule is CCCC(=O)N1CCCC(c2cc3cc(F)ccc3[nH]2)C1. The topological polar surface area (TPSA) is 36.1 Å². The summed E-state index contributed by atoms with van der Waals surface area (Å²) < 4.78 is 13.3. The van der Waals surface area contributed by atoms with Crippen molar-refractivity contribution in [3.05, 3.63) is 35.8 Å². The molecule has 112 valence electrons. The van der Waals surface area contributed by atoms with Gasteiger partial charge in [-0.05, 0) is 43.5 Å². The summed E-state index contributed by atoms with van der Waals surface area (Å²) in [5.41, 5.74) is 2.08. The molecular formula is C17H21FN2O. The first kappa shape index (κ1) is 14.1. The van der Waals surface area contributed by atoms with Crippen LogP contribution in [0.25, 0.3) is 10.9 Å². The van der Waals surface area contributed by atoms with Crippen LogP contribution in [-0.2, 0) is 4.79 Å². The first-order valence-electron chi connectivity index (χ1n) is 7.73. The molecule has 1 aliphatic rings. The van der Waals surface area contributed by atoms with Gasteiger partial charge in [0, 0.05) is 42.0 Å². The Bertz CT molecular complexity index is 649. The number of benzene rings is 1. The highest BCUT2D eigenvalue weighted by Crippen LogP contribution is 2.29. The summed E-state index contributed by atoms with van der Waals surface area (Å²) in [6.45, 7) is 3.67. The molecule has 1 amide bonds. The number of hydrogen-bond donors (Lipinski definition) is 1. The number of fused-ring (bicyclic) bond motifs is 1. The van der Waals surface area contributed by atoms with Crippen molar-refractivity contribution in [1.29, 1.82) is 0 Å². The molecule has 1 aromatic carbocycles. The lowest BCUT2D eigenvalue weighted by atomic mass is 9.94. The summed E-state index contributed by atoms with van der Waals surface area (Å²) in [4.78, 5) is 17.4. The molecule has 1 unspecified atom stereocenters. The summed E-state index contributed by atoms with van der Waals surface area (Å²) in [5.74, 6) is 0.371. The number of nitrogens with zero attached hydrogens (tertiary/aromatic N) is 1. The number of halogens is 1. The van der Waals surface area contributed by atoms with E-state index in [-0.39, 0.29) is 11.7 Å². The smallest absolute Gasteiger partial charge is 0.222 e. The normalized spacial score (nSPS) is 19.1. The number of rotatable bonds is 3. The van der Waals surface area contributed by atoms with Crippen LogP contribution in [0.4, 0.5) is 4.39 Å². The van der Waals surface area contributed by atoms with E-state index in [1.807, 2.05) is 17.9 Å². The first-order chi connectivity index (χ1) is 10.2. The zero-order valence-electron chi connectivity index (χ0n) is 12.4. The molecule has 1 N–H and O–H groups in total. The van der Waals surface area contributed by atoms with Crippen molar-refractivity contribution < 1.29 is 9.18 Å². The molecule has 2 heterocycles. The highest BCUT2D eigenvalue weighted by Gasteiger charge is 2.25. The van der Waals surface area contributed by atoms with Crippen LogP contribution in [-0.4, -0.2) is 28.9 Å². The predicted molar refractivity (Wildman–Crippen MR) is 81.7 cm³/mol. The monoisotopic (exact) mass is 288 g/mol. The van der Waals surface area contributed by atoms with Crippen molar-refractivity contribution in [2.45, 2.75) is 38.5 Å². The van der Waals surface area contributed by atoms with Gasteiger partial charge in [0.1, 0.15) is 5.82 Å². The number of carbonyl (C=O) groups excluding carboxylic acids is 1. The molecule has 0 radical (unpaired) electrons. The van der Waals surface area contributed by atoms with E-state index in [4.69, 9.17) is 0 Å². The Morgan fingerprint density at radius 3 is 3.10 bits per heavy atom. The fraction of sp³-hybridized carbons (Fsp3) is 0.471. The molecule has 3 nitrogen and oxygen atoms in total. The van der Waals surface area contributed by atoms with E-state index in [2.05, 4.69) is 4.98 Å². The Kier molecular flexibility index (Phi) is 3.95. The molecule has 1 atom stereocenters. The number of piperidine rings is 1. The Labute approximate surface area is 124 Å². The second kappa shape index (κ2) is 5.88. The molecule has 21 heavy (non-hydrogen) atoms. The number of amides is 1. The number of aromatic amines is 1. The number of hydrogen-bond acceptors (Lipinski definition) is 1. The lowest BCUT2D eigenvalue weighted by Gasteiger charge is -2.32. The minimum atomic E-state index is -0.212. The van der Waals surface area contributed by atoms with Gasteiger partial charge in [0.15, 0.2) is 0 Å². The van der Waals surface area contributed by atoms with Crippen LogP contribution >= 0.6 is 0 Å². The largest absolute Gasteiger partial charge is 0.358 e. The molecule has 4 heteroatoms. The van der Waals surface area contributed by atoms with Crippen LogP contribution in [0.5, 0.6) is 0 Å². The second-order valence-corrected chi connectivity index (χ2v) is 5.89. The van der Waals surface area contributed by atoms with Gasteiger partial charge in [-0.2, -0.15) is 0 Å². The van der Waals surface area contributed by atoms with E-state index in [0.29, 0.717) is 12.3 Å². The van der Waals surface area contributed by atoms with Gasteiger partial charge in [0.25, 0.3) is 0 Å². The van der Waals surface area contributed by atoms with E-state index >= 15 is 0 Å². The van der Waals surface area contributed by atoms with Crippen molar-refractivity contribution >= 4 is 16.8 Å². The molecule has 0 saturated carbocycles. The van der Waals surface area contributed by atoms with Crippen LogP contribution in [0.2, 0.25) is 0 Å². The van der Waals surface area contributed by atoms with Crippen LogP contribution < -0.4 is 0 Å². The molecule has 1 saturated heterocycles. The van der Waals surface area contributed by atoms with Gasteiger partial charge < -0.3 is 9.88 Å². The van der Waals surface area contributed by atoms with Crippen molar-refractivity contribution in [1.82, 2.24) is 9.88 Å². The number of likely N-dealkylation sites (tertiary alicyclic amines) is 1. The number of carbonyl (C=O) groups is 1. The lowest BCUT2D eigenvalue weighted by molar-refractivity contribution is -0.132. The molecule has 1 fully saturated rings. The van der Waals surface area contributed by atoms with E-state index in [9.17, 15) is 9.18 Å². The highest BCUT2D eigenvalue weighted by molar-refractivity contribution is 5.80. The third-order valence-corrected chi connectivity index (χ3v) is 4.28. The maximum absolute atomic E-state index is 13.3. The molecular weight excluding hydrogens is 267 g/mol. The van der Waals surface area contributed by atoms with Gasteiger partial charge in [-0.15, -0.1) is 0 Å². The average Bonchev–Trinajstić information content (AvgIpc) is 2.90. The van der Waals surface area contributed by atoms with Crippen molar-refractivity contribution in [2.24, 2.45) is 0 Å². The minimum absolute atomic E-state index is 0.212. The molecule has 0 bridgehead atoms. The number of nitrogens with one attached hydrogen (secondary N) is 1. The summed E-state index contributed by atoms with van der Waals surface area (Å²) >= 11 is 0. The fourth-order valence-electron chi connectivity index (χ4n) is 3.18. The minimum Gasteiger partial charge on any atom is -0.358 e. The van der Waals surface area contributed by atoms with Gasteiger partial charge in [-0.1, -0.05) is 6.92 Å². The quantitative estimate of drug-likeness (QED) is 0.916. The Morgan fingerprint density at radius 2 is 2.29 bits per heavy atom. The van der Waals surface area contributed by atoms with Crippen molar-refractivity contribution in [3.63, 3.8) is 0 Å². The van der Waals surface area contributed by atoms with Gasteiger partial charge in [0.2, 0.25) is 5.91 Å². The van der Waals surface area contributed by atoms with Crippen LogP contribution in [0.1, 0.15) is 44.2 Å². The third kappa shape index (κ3) is 2.94. The maximum atomic E-state index is 13.3. The van der Waals surface area contributed by atoms with Crippen LogP contribution in [0.3, 0.4) is 0 Å². The molecule has 0 spiro atoms. The summed E-state index contributed by atoms with van der Waals surface area (Å²) in [5, 5.41) is 0.905. The molecule has 1 aliphatic heterocycles. The molecule has 3 rings (SSSR count). The van der Waals surface area contributed by atoms with E-state index in [1.165, 1.54) is 6.07 Å². The van der Waals surface area contributed by atoms with Gasteiger partial charge in [0.05, 0.1) is 0 Å². The zero-order chi connectivity index (χ0) is 14.8. The fourth-order valence-corrected chi connectivity index (χ4v) is 3.18. The summed E-state index contributed by atoms with van der Waals surface area (Å²) in [7, 11) is 0. The Hall–Kier alpha value is -1.84.